The van der Waals surface area contributed by atoms with E-state index in [2.05, 4.69) is 0 Å². The number of ether oxygens (including phenoxy) is 2. The van der Waals surface area contributed by atoms with Gasteiger partial charge in [-0.3, -0.25) is 4.79 Å². The van der Waals surface area contributed by atoms with Crippen LogP contribution in [-0.2, 0) is 4.74 Å². The zero-order valence-corrected chi connectivity index (χ0v) is 12.6. The highest BCUT2D eigenvalue weighted by Gasteiger charge is 2.30. The quantitative estimate of drug-likeness (QED) is 0.874. The van der Waals surface area contributed by atoms with Gasteiger partial charge in [0.05, 0.1) is 31.9 Å². The van der Waals surface area contributed by atoms with Gasteiger partial charge in [0, 0.05) is 6.54 Å². The molecule has 1 aliphatic heterocycles. The molecule has 1 heterocycles. The van der Waals surface area contributed by atoms with Crippen LogP contribution in [0.2, 0.25) is 0 Å². The zero-order valence-electron chi connectivity index (χ0n) is 12.6. The van der Waals surface area contributed by atoms with E-state index in [1.807, 2.05) is 53.4 Å². The zero-order chi connectivity index (χ0) is 15.4. The van der Waals surface area contributed by atoms with Crippen molar-refractivity contribution in [2.24, 2.45) is 0 Å². The summed E-state index contributed by atoms with van der Waals surface area (Å²) in [7, 11) is 1.58. The molecule has 0 saturated carbocycles. The van der Waals surface area contributed by atoms with Gasteiger partial charge in [-0.15, -0.1) is 0 Å². The van der Waals surface area contributed by atoms with Crippen LogP contribution in [0.3, 0.4) is 0 Å². The minimum absolute atomic E-state index is 0.0189. The van der Waals surface area contributed by atoms with E-state index < -0.39 is 0 Å². The van der Waals surface area contributed by atoms with E-state index in [9.17, 15) is 4.79 Å². The third-order valence-corrected chi connectivity index (χ3v) is 3.91. The Bertz CT molecular complexity index is 642. The molecule has 2 aromatic rings. The van der Waals surface area contributed by atoms with Gasteiger partial charge in [0.25, 0.3) is 5.91 Å². The molecule has 22 heavy (non-hydrogen) atoms. The topological polar surface area (TPSA) is 38.8 Å². The average molecular weight is 297 g/mol. The van der Waals surface area contributed by atoms with Gasteiger partial charge in [0.1, 0.15) is 5.75 Å². The lowest BCUT2D eigenvalue weighted by Gasteiger charge is -2.36. The highest BCUT2D eigenvalue weighted by Crippen LogP contribution is 2.28. The van der Waals surface area contributed by atoms with Crippen LogP contribution in [0.4, 0.5) is 0 Å². The molecule has 1 saturated heterocycles. The molecule has 0 aliphatic carbocycles. The van der Waals surface area contributed by atoms with Crippen molar-refractivity contribution in [2.45, 2.75) is 6.04 Å². The monoisotopic (exact) mass is 297 g/mol. The summed E-state index contributed by atoms with van der Waals surface area (Å²) >= 11 is 0. The lowest BCUT2D eigenvalue weighted by molar-refractivity contribution is -0.00284. The first-order chi connectivity index (χ1) is 10.8. The average Bonchev–Trinajstić information content (AvgIpc) is 2.62. The van der Waals surface area contributed by atoms with E-state index >= 15 is 0 Å². The maximum Gasteiger partial charge on any atom is 0.258 e. The fourth-order valence-electron chi connectivity index (χ4n) is 2.77. The summed E-state index contributed by atoms with van der Waals surface area (Å²) in [6, 6.07) is 17.3. The molecule has 0 bridgehead atoms. The van der Waals surface area contributed by atoms with Crippen molar-refractivity contribution in [3.8, 4) is 5.75 Å². The van der Waals surface area contributed by atoms with E-state index in [0.717, 1.165) is 5.56 Å². The van der Waals surface area contributed by atoms with Crippen LogP contribution < -0.4 is 4.74 Å². The van der Waals surface area contributed by atoms with E-state index in [-0.39, 0.29) is 11.9 Å². The molecular formula is C18H19NO3. The van der Waals surface area contributed by atoms with E-state index in [0.29, 0.717) is 31.1 Å². The molecule has 0 spiro atoms. The Balaban J connectivity index is 1.92. The third-order valence-electron chi connectivity index (χ3n) is 3.91. The highest BCUT2D eigenvalue weighted by molar-refractivity contribution is 5.97. The van der Waals surface area contributed by atoms with Gasteiger partial charge in [-0.2, -0.15) is 0 Å². The lowest BCUT2D eigenvalue weighted by Crippen LogP contribution is -2.43. The van der Waals surface area contributed by atoms with Gasteiger partial charge in [0.2, 0.25) is 0 Å². The molecule has 114 valence electrons. The van der Waals surface area contributed by atoms with Crippen LogP contribution in [0.25, 0.3) is 0 Å². The number of morpholine rings is 1. The molecule has 0 aromatic heterocycles. The van der Waals surface area contributed by atoms with Crippen molar-refractivity contribution in [3.05, 3.63) is 65.7 Å². The number of hydrogen-bond acceptors (Lipinski definition) is 3. The summed E-state index contributed by atoms with van der Waals surface area (Å²) in [5.74, 6) is 0.584. The minimum atomic E-state index is -0.0626. The maximum absolute atomic E-state index is 13.0. The second-order valence-corrected chi connectivity index (χ2v) is 5.20. The SMILES string of the molecule is COc1ccccc1C(=O)N1CCOCC1c1ccccc1. The Hall–Kier alpha value is -2.33. The first kappa shape index (κ1) is 14.6. The van der Waals surface area contributed by atoms with Crippen LogP contribution in [0, 0.1) is 0 Å². The van der Waals surface area contributed by atoms with Crippen LogP contribution in [0.1, 0.15) is 22.0 Å². The fourth-order valence-corrected chi connectivity index (χ4v) is 2.77. The highest BCUT2D eigenvalue weighted by atomic mass is 16.5. The minimum Gasteiger partial charge on any atom is -0.496 e. The molecule has 0 N–H and O–H groups in total. The molecular weight excluding hydrogens is 278 g/mol. The Morgan fingerprint density at radius 1 is 1.14 bits per heavy atom. The number of benzene rings is 2. The van der Waals surface area contributed by atoms with Crippen LogP contribution in [0.15, 0.2) is 54.6 Å². The number of amides is 1. The van der Waals surface area contributed by atoms with E-state index in [1.54, 1.807) is 13.2 Å². The number of hydrogen-bond donors (Lipinski definition) is 0. The molecule has 4 nitrogen and oxygen atoms in total. The number of carbonyl (C=O) groups is 1. The maximum atomic E-state index is 13.0. The van der Waals surface area contributed by atoms with Gasteiger partial charge >= 0.3 is 0 Å². The van der Waals surface area contributed by atoms with Crippen LogP contribution >= 0.6 is 0 Å². The lowest BCUT2D eigenvalue weighted by atomic mass is 10.0. The second kappa shape index (κ2) is 6.62. The summed E-state index contributed by atoms with van der Waals surface area (Å²) in [5, 5.41) is 0. The number of methoxy groups -OCH3 is 1. The summed E-state index contributed by atoms with van der Waals surface area (Å²) in [4.78, 5) is 14.8. The summed E-state index contributed by atoms with van der Waals surface area (Å²) < 4.78 is 10.9. The Kier molecular flexibility index (Phi) is 4.39. The molecule has 1 fully saturated rings. The number of rotatable bonds is 3. The predicted octanol–water partition coefficient (Wildman–Crippen LogP) is 2.91. The van der Waals surface area contributed by atoms with Gasteiger partial charge in [-0.05, 0) is 17.7 Å². The van der Waals surface area contributed by atoms with Gasteiger partial charge in [-0.25, -0.2) is 0 Å². The number of carbonyl (C=O) groups excluding carboxylic acids is 1. The largest absolute Gasteiger partial charge is 0.496 e. The van der Waals surface area contributed by atoms with Crippen molar-refractivity contribution in [1.82, 2.24) is 4.90 Å². The molecule has 4 heteroatoms. The number of para-hydroxylation sites is 1. The van der Waals surface area contributed by atoms with Gasteiger partial charge in [0.15, 0.2) is 0 Å². The normalized spacial score (nSPS) is 18.0. The number of nitrogens with zero attached hydrogens (tertiary/aromatic N) is 1. The summed E-state index contributed by atoms with van der Waals surface area (Å²) in [6.07, 6.45) is 0. The smallest absolute Gasteiger partial charge is 0.258 e. The summed E-state index contributed by atoms with van der Waals surface area (Å²) in [5.41, 5.74) is 1.68. The first-order valence-corrected chi connectivity index (χ1v) is 7.38. The van der Waals surface area contributed by atoms with Gasteiger partial charge < -0.3 is 14.4 Å². The van der Waals surface area contributed by atoms with Crippen molar-refractivity contribution in [2.75, 3.05) is 26.9 Å². The van der Waals surface area contributed by atoms with Crippen molar-refractivity contribution < 1.29 is 14.3 Å². The molecule has 0 radical (unpaired) electrons. The van der Waals surface area contributed by atoms with E-state index in [4.69, 9.17) is 9.47 Å². The first-order valence-electron chi connectivity index (χ1n) is 7.38. The van der Waals surface area contributed by atoms with Crippen molar-refractivity contribution in [1.29, 1.82) is 0 Å². The van der Waals surface area contributed by atoms with Crippen LogP contribution in [0.5, 0.6) is 5.75 Å². The Labute approximate surface area is 130 Å². The Morgan fingerprint density at radius 2 is 1.86 bits per heavy atom. The third kappa shape index (κ3) is 2.83. The Morgan fingerprint density at radius 3 is 2.64 bits per heavy atom. The predicted molar refractivity (Wildman–Crippen MR) is 84.0 cm³/mol. The molecule has 2 aromatic carbocycles. The van der Waals surface area contributed by atoms with Gasteiger partial charge in [-0.1, -0.05) is 42.5 Å². The van der Waals surface area contributed by atoms with Crippen molar-refractivity contribution in [3.63, 3.8) is 0 Å². The molecule has 1 unspecified atom stereocenters. The van der Waals surface area contributed by atoms with E-state index in [1.165, 1.54) is 0 Å². The molecule has 1 aliphatic rings. The molecule has 3 rings (SSSR count). The standard InChI is InChI=1S/C18H19NO3/c1-21-17-10-6-5-9-15(17)18(20)19-11-12-22-13-16(19)14-7-3-2-4-8-14/h2-10,16H,11-13H2,1H3. The second-order valence-electron chi connectivity index (χ2n) is 5.20. The molecule has 1 atom stereocenters. The summed E-state index contributed by atoms with van der Waals surface area (Å²) in [6.45, 7) is 1.66. The van der Waals surface area contributed by atoms with Crippen molar-refractivity contribution >= 4 is 5.91 Å². The molecule has 1 amide bonds. The van der Waals surface area contributed by atoms with Crippen LogP contribution in [-0.4, -0.2) is 37.7 Å². The fraction of sp³-hybridized carbons (Fsp3) is 0.278.